The number of aliphatic hydroxyl groups excluding tert-OH is 1. The summed E-state index contributed by atoms with van der Waals surface area (Å²) in [6.07, 6.45) is -0.150. The molecule has 0 spiro atoms. The molecule has 1 aliphatic rings. The van der Waals surface area contributed by atoms with Gasteiger partial charge < -0.3 is 20.1 Å². The van der Waals surface area contributed by atoms with Gasteiger partial charge in [0, 0.05) is 43.1 Å². The van der Waals surface area contributed by atoms with E-state index in [1.165, 1.54) is 12.1 Å². The van der Waals surface area contributed by atoms with E-state index in [2.05, 4.69) is 10.0 Å². The molecule has 1 atom stereocenters. The molecular weight excluding hydrogens is 516 g/mol. The van der Waals surface area contributed by atoms with Gasteiger partial charge in [-0.05, 0) is 74.4 Å². The third-order valence-corrected chi connectivity index (χ3v) is 8.23. The first kappa shape index (κ1) is 28.4. The van der Waals surface area contributed by atoms with Crippen LogP contribution in [-0.2, 0) is 10.0 Å². The topological polar surface area (TPSA) is 111 Å². The van der Waals surface area contributed by atoms with E-state index in [4.69, 9.17) is 4.74 Å². The molecule has 1 aliphatic heterocycles. The van der Waals surface area contributed by atoms with Crippen molar-refractivity contribution in [2.75, 3.05) is 42.9 Å². The average Bonchev–Trinajstić information content (AvgIpc) is 3.31. The number of methoxy groups -OCH3 is 1. The third kappa shape index (κ3) is 7.29. The van der Waals surface area contributed by atoms with Crippen molar-refractivity contribution in [1.29, 1.82) is 0 Å². The van der Waals surface area contributed by atoms with Gasteiger partial charge in [-0.25, -0.2) is 13.2 Å². The van der Waals surface area contributed by atoms with Gasteiger partial charge in [0.1, 0.15) is 5.75 Å². The highest BCUT2D eigenvalue weighted by molar-refractivity contribution is 7.92. The number of aliphatic hydroxyl groups is 1. The molecule has 4 rings (SSSR count). The summed E-state index contributed by atoms with van der Waals surface area (Å²) in [5, 5.41) is 14.2. The van der Waals surface area contributed by atoms with Crippen LogP contribution in [0.25, 0.3) is 0 Å². The van der Waals surface area contributed by atoms with Crippen LogP contribution in [-0.4, -0.2) is 63.3 Å². The van der Waals surface area contributed by atoms with Crippen molar-refractivity contribution in [3.05, 3.63) is 84.4 Å². The van der Waals surface area contributed by atoms with Crippen molar-refractivity contribution in [2.45, 2.75) is 36.8 Å². The molecule has 3 aromatic rings. The van der Waals surface area contributed by atoms with Crippen LogP contribution in [0.4, 0.5) is 16.2 Å². The number of amides is 2. The second-order valence-electron chi connectivity index (χ2n) is 10.2. The maximum atomic E-state index is 13.0. The van der Waals surface area contributed by atoms with E-state index in [-0.39, 0.29) is 23.0 Å². The maximum Gasteiger partial charge on any atom is 0.324 e. The van der Waals surface area contributed by atoms with Gasteiger partial charge in [0.2, 0.25) is 0 Å². The standard InChI is InChI=1S/C29H36N4O5S/c1-29(2,16-17-32-18-19-33(28(32)35)24-12-14-25(38-3)15-13-24)30-21-27(34)22-8-7-9-23(20-22)31-39(36,37)26-10-5-4-6-11-26/h4-15,20,27,30-31,34H,16-19,21H2,1-3H3. The number of sulfonamides is 1. The van der Waals surface area contributed by atoms with Gasteiger partial charge >= 0.3 is 6.03 Å². The molecule has 208 valence electrons. The Bertz CT molecular complexity index is 1360. The molecule has 0 bridgehead atoms. The maximum absolute atomic E-state index is 13.0. The van der Waals surface area contributed by atoms with Gasteiger partial charge in [0.05, 0.1) is 18.1 Å². The van der Waals surface area contributed by atoms with E-state index in [0.29, 0.717) is 37.3 Å². The van der Waals surface area contributed by atoms with E-state index < -0.39 is 16.1 Å². The first-order valence-corrected chi connectivity index (χ1v) is 14.4. The second kappa shape index (κ2) is 12.1. The number of urea groups is 1. The second-order valence-corrected chi connectivity index (χ2v) is 11.9. The van der Waals surface area contributed by atoms with Crippen LogP contribution in [0.15, 0.2) is 83.8 Å². The number of nitrogens with one attached hydrogen (secondary N) is 2. The number of anilines is 2. The summed E-state index contributed by atoms with van der Waals surface area (Å²) in [4.78, 5) is 16.7. The van der Waals surface area contributed by atoms with Crippen molar-refractivity contribution < 1.29 is 23.1 Å². The van der Waals surface area contributed by atoms with Gasteiger partial charge in [-0.2, -0.15) is 0 Å². The Morgan fingerprint density at radius 1 is 1.00 bits per heavy atom. The molecule has 3 aromatic carbocycles. The molecule has 9 nitrogen and oxygen atoms in total. The fourth-order valence-corrected chi connectivity index (χ4v) is 5.48. The van der Waals surface area contributed by atoms with Crippen molar-refractivity contribution in [1.82, 2.24) is 10.2 Å². The molecule has 3 N–H and O–H groups in total. The molecule has 0 saturated carbocycles. The highest BCUT2D eigenvalue weighted by atomic mass is 32.2. The van der Waals surface area contributed by atoms with E-state index in [1.807, 2.05) is 43.0 Å². The number of ether oxygens (including phenoxy) is 1. The zero-order valence-corrected chi connectivity index (χ0v) is 23.3. The fraction of sp³-hybridized carbons (Fsp3) is 0.345. The molecule has 0 radical (unpaired) electrons. The number of hydrogen-bond donors (Lipinski definition) is 3. The zero-order chi connectivity index (χ0) is 28.0. The predicted octanol–water partition coefficient (Wildman–Crippen LogP) is 4.23. The monoisotopic (exact) mass is 552 g/mol. The number of carbonyl (C=O) groups excluding carboxylic acids is 1. The number of nitrogens with zero attached hydrogens (tertiary/aromatic N) is 2. The number of β-amino-alcohol motifs (C(OH)–C–C–N with tert-alkyl or cyclic N) is 1. The Labute approximate surface area is 230 Å². The zero-order valence-electron chi connectivity index (χ0n) is 22.5. The highest BCUT2D eigenvalue weighted by Crippen LogP contribution is 2.25. The van der Waals surface area contributed by atoms with Crippen LogP contribution in [0.5, 0.6) is 5.75 Å². The molecule has 1 unspecified atom stereocenters. The summed E-state index contributed by atoms with van der Waals surface area (Å²) in [5.74, 6) is 0.748. The lowest BCUT2D eigenvalue weighted by molar-refractivity contribution is 0.156. The average molecular weight is 553 g/mol. The minimum Gasteiger partial charge on any atom is -0.497 e. The molecule has 0 aromatic heterocycles. The molecule has 1 fully saturated rings. The van der Waals surface area contributed by atoms with Crippen LogP contribution < -0.4 is 19.7 Å². The normalized spacial score (nSPS) is 14.9. The lowest BCUT2D eigenvalue weighted by Gasteiger charge is -2.30. The van der Waals surface area contributed by atoms with E-state index in [0.717, 1.165) is 11.4 Å². The molecule has 10 heteroatoms. The van der Waals surface area contributed by atoms with Crippen LogP contribution in [0, 0.1) is 0 Å². The minimum absolute atomic E-state index is 0.0224. The smallest absolute Gasteiger partial charge is 0.324 e. The third-order valence-electron chi connectivity index (χ3n) is 6.84. The number of benzene rings is 3. The summed E-state index contributed by atoms with van der Waals surface area (Å²) >= 11 is 0. The van der Waals surface area contributed by atoms with Crippen molar-refractivity contribution in [3.8, 4) is 5.75 Å². The largest absolute Gasteiger partial charge is 0.497 e. The van der Waals surface area contributed by atoms with Gasteiger partial charge in [-0.15, -0.1) is 0 Å². The molecule has 39 heavy (non-hydrogen) atoms. The highest BCUT2D eigenvalue weighted by Gasteiger charge is 2.31. The van der Waals surface area contributed by atoms with Crippen molar-refractivity contribution in [3.63, 3.8) is 0 Å². The number of carbonyl (C=O) groups is 1. The van der Waals surface area contributed by atoms with Gasteiger partial charge in [0.15, 0.2) is 0 Å². The Balaban J connectivity index is 1.29. The SMILES string of the molecule is COc1ccc(N2CCN(CCC(C)(C)NCC(O)c3cccc(NS(=O)(=O)c4ccccc4)c3)C2=O)cc1. The molecular formula is C29H36N4O5S. The van der Waals surface area contributed by atoms with Crippen LogP contribution in [0.3, 0.4) is 0 Å². The van der Waals surface area contributed by atoms with Gasteiger partial charge in [0.25, 0.3) is 10.0 Å². The summed E-state index contributed by atoms with van der Waals surface area (Å²) in [7, 11) is -2.11. The summed E-state index contributed by atoms with van der Waals surface area (Å²) in [6.45, 7) is 6.20. The molecule has 1 heterocycles. The summed E-state index contributed by atoms with van der Waals surface area (Å²) in [5.41, 5.74) is 1.47. The van der Waals surface area contributed by atoms with Gasteiger partial charge in [-0.1, -0.05) is 30.3 Å². The quantitative estimate of drug-likeness (QED) is 0.310. The van der Waals surface area contributed by atoms with E-state index in [9.17, 15) is 18.3 Å². The number of rotatable bonds is 12. The van der Waals surface area contributed by atoms with Crippen LogP contribution in [0.1, 0.15) is 31.9 Å². The minimum atomic E-state index is -3.72. The summed E-state index contributed by atoms with van der Waals surface area (Å²) < 4.78 is 33.1. The number of hydrogen-bond acceptors (Lipinski definition) is 6. The first-order valence-electron chi connectivity index (χ1n) is 12.9. The molecule has 1 saturated heterocycles. The lowest BCUT2D eigenvalue weighted by Crippen LogP contribution is -2.44. The Kier molecular flexibility index (Phi) is 8.79. The van der Waals surface area contributed by atoms with Crippen LogP contribution >= 0.6 is 0 Å². The van der Waals surface area contributed by atoms with Crippen LogP contribution in [0.2, 0.25) is 0 Å². The van der Waals surface area contributed by atoms with E-state index >= 15 is 0 Å². The van der Waals surface area contributed by atoms with Gasteiger partial charge in [-0.3, -0.25) is 9.62 Å². The first-order chi connectivity index (χ1) is 18.6. The fourth-order valence-electron chi connectivity index (χ4n) is 4.41. The molecule has 0 aliphatic carbocycles. The summed E-state index contributed by atoms with van der Waals surface area (Å²) in [6, 6.07) is 22.3. The lowest BCUT2D eigenvalue weighted by atomic mass is 9.99. The molecule has 2 amide bonds. The Hall–Kier alpha value is -3.60. The Morgan fingerprint density at radius 3 is 2.41 bits per heavy atom. The van der Waals surface area contributed by atoms with Crippen molar-refractivity contribution >= 4 is 27.4 Å². The van der Waals surface area contributed by atoms with E-state index in [1.54, 1.807) is 54.5 Å². The van der Waals surface area contributed by atoms with Crippen molar-refractivity contribution in [2.24, 2.45) is 0 Å². The Morgan fingerprint density at radius 2 is 1.72 bits per heavy atom. The predicted molar refractivity (Wildman–Crippen MR) is 153 cm³/mol.